The summed E-state index contributed by atoms with van der Waals surface area (Å²) in [6, 6.07) is 28.1. The molecule has 0 amide bonds. The van der Waals surface area contributed by atoms with E-state index in [2.05, 4.69) is 97.7 Å². The molecule has 0 aliphatic carbocycles. The molecule has 1 N–H and O–H groups in total. The molecule has 3 rings (SSSR count). The van der Waals surface area contributed by atoms with Crippen LogP contribution in [0.15, 0.2) is 78.9 Å². The van der Waals surface area contributed by atoms with E-state index in [-0.39, 0.29) is 0 Å². The second kappa shape index (κ2) is 15.2. The maximum Gasteiger partial charge on any atom is 0.118 e. The Bertz CT molecular complexity index is 1030. The second-order valence-corrected chi connectivity index (χ2v) is 9.35. The third kappa shape index (κ3) is 7.99. The van der Waals surface area contributed by atoms with Crippen LogP contribution in [-0.4, -0.2) is 38.2 Å². The Kier molecular flexibility index (Phi) is 11.6. The zero-order valence-electron chi connectivity index (χ0n) is 22.7. The van der Waals surface area contributed by atoms with E-state index in [1.165, 1.54) is 72.3 Å². The summed E-state index contributed by atoms with van der Waals surface area (Å²) in [5.74, 6) is 0.883. The standard InChI is InChI=1S/C33H44N2O/c1-5-8-24-35(25-9-6-2)26-23-34-30-19-15-29(16-20-30)33(28-13-11-10-12-14-28)32(7-3)27-17-21-31(36-4)22-18-27/h10-22,34H,5-9,23-26H2,1-4H3. The van der Waals surface area contributed by atoms with Gasteiger partial charge in [0, 0.05) is 18.8 Å². The first kappa shape index (κ1) is 27.5. The van der Waals surface area contributed by atoms with Crippen LogP contribution in [0.2, 0.25) is 0 Å². The van der Waals surface area contributed by atoms with Gasteiger partial charge in [-0.1, -0.05) is 88.2 Å². The number of unbranched alkanes of at least 4 members (excludes halogenated alkanes) is 2. The molecular weight excluding hydrogens is 440 g/mol. The van der Waals surface area contributed by atoms with E-state index in [0.717, 1.165) is 25.3 Å². The van der Waals surface area contributed by atoms with Gasteiger partial charge in [0.25, 0.3) is 0 Å². The van der Waals surface area contributed by atoms with E-state index in [9.17, 15) is 0 Å². The molecule has 0 bridgehead atoms. The second-order valence-electron chi connectivity index (χ2n) is 9.35. The number of nitrogens with one attached hydrogen (secondary N) is 1. The summed E-state index contributed by atoms with van der Waals surface area (Å²) in [7, 11) is 1.71. The van der Waals surface area contributed by atoms with Crippen LogP contribution in [0.3, 0.4) is 0 Å². The van der Waals surface area contributed by atoms with Gasteiger partial charge in [-0.2, -0.15) is 0 Å². The van der Waals surface area contributed by atoms with E-state index in [1.54, 1.807) is 7.11 Å². The number of nitrogens with zero attached hydrogens (tertiary/aromatic N) is 1. The highest BCUT2D eigenvalue weighted by Gasteiger charge is 2.13. The molecule has 3 aromatic carbocycles. The number of ether oxygens (including phenoxy) is 1. The van der Waals surface area contributed by atoms with Crippen LogP contribution in [0.4, 0.5) is 5.69 Å². The van der Waals surface area contributed by atoms with Crippen molar-refractivity contribution in [1.82, 2.24) is 4.90 Å². The van der Waals surface area contributed by atoms with Crippen molar-refractivity contribution in [3.8, 4) is 5.75 Å². The summed E-state index contributed by atoms with van der Waals surface area (Å²) in [5.41, 5.74) is 7.53. The van der Waals surface area contributed by atoms with E-state index in [4.69, 9.17) is 4.74 Å². The van der Waals surface area contributed by atoms with Crippen molar-refractivity contribution >= 4 is 16.8 Å². The molecule has 192 valence electrons. The maximum atomic E-state index is 5.38. The molecule has 0 atom stereocenters. The smallest absolute Gasteiger partial charge is 0.118 e. The van der Waals surface area contributed by atoms with E-state index >= 15 is 0 Å². The first-order valence-electron chi connectivity index (χ1n) is 13.7. The lowest BCUT2D eigenvalue weighted by molar-refractivity contribution is 0.275. The molecule has 3 nitrogen and oxygen atoms in total. The summed E-state index contributed by atoms with van der Waals surface area (Å²) in [6.45, 7) is 11.2. The van der Waals surface area contributed by atoms with E-state index < -0.39 is 0 Å². The highest BCUT2D eigenvalue weighted by Crippen LogP contribution is 2.35. The summed E-state index contributed by atoms with van der Waals surface area (Å²) < 4.78 is 5.38. The molecule has 0 aromatic heterocycles. The minimum atomic E-state index is 0.883. The molecule has 0 unspecified atom stereocenters. The average Bonchev–Trinajstić information content (AvgIpc) is 2.94. The summed E-state index contributed by atoms with van der Waals surface area (Å²) in [4.78, 5) is 2.60. The molecule has 0 fully saturated rings. The van der Waals surface area contributed by atoms with Crippen molar-refractivity contribution in [2.75, 3.05) is 38.6 Å². The highest BCUT2D eigenvalue weighted by atomic mass is 16.5. The van der Waals surface area contributed by atoms with Crippen molar-refractivity contribution < 1.29 is 4.74 Å². The van der Waals surface area contributed by atoms with Crippen LogP contribution >= 0.6 is 0 Å². The third-order valence-electron chi connectivity index (χ3n) is 6.74. The van der Waals surface area contributed by atoms with Crippen LogP contribution < -0.4 is 10.1 Å². The van der Waals surface area contributed by atoms with Crippen LogP contribution in [0.25, 0.3) is 11.1 Å². The quantitative estimate of drug-likeness (QED) is 0.219. The molecular formula is C33H44N2O. The zero-order valence-corrected chi connectivity index (χ0v) is 22.7. The summed E-state index contributed by atoms with van der Waals surface area (Å²) in [6.07, 6.45) is 6.01. The number of hydrogen-bond acceptors (Lipinski definition) is 3. The van der Waals surface area contributed by atoms with Crippen LogP contribution in [-0.2, 0) is 0 Å². The minimum Gasteiger partial charge on any atom is -0.497 e. The number of anilines is 1. The van der Waals surface area contributed by atoms with Crippen molar-refractivity contribution in [2.24, 2.45) is 0 Å². The molecule has 0 saturated carbocycles. The first-order valence-corrected chi connectivity index (χ1v) is 13.7. The number of hydrogen-bond donors (Lipinski definition) is 1. The average molecular weight is 485 g/mol. The molecule has 0 spiro atoms. The Morgan fingerprint density at radius 1 is 0.694 bits per heavy atom. The zero-order chi connectivity index (χ0) is 25.6. The Morgan fingerprint density at radius 3 is 1.83 bits per heavy atom. The summed E-state index contributed by atoms with van der Waals surface area (Å²) >= 11 is 0. The van der Waals surface area contributed by atoms with Gasteiger partial charge in [0.1, 0.15) is 5.75 Å². The fourth-order valence-corrected chi connectivity index (χ4v) is 4.65. The molecule has 36 heavy (non-hydrogen) atoms. The van der Waals surface area contributed by atoms with Crippen molar-refractivity contribution in [3.05, 3.63) is 95.6 Å². The molecule has 0 radical (unpaired) electrons. The molecule has 0 aliphatic heterocycles. The van der Waals surface area contributed by atoms with Crippen LogP contribution in [0, 0.1) is 0 Å². The first-order chi connectivity index (χ1) is 17.7. The monoisotopic (exact) mass is 484 g/mol. The van der Waals surface area contributed by atoms with E-state index in [1.807, 2.05) is 12.1 Å². The molecule has 0 saturated heterocycles. The number of allylic oxidation sites excluding steroid dienone is 1. The van der Waals surface area contributed by atoms with Gasteiger partial charge in [-0.3, -0.25) is 0 Å². The molecule has 3 heteroatoms. The minimum absolute atomic E-state index is 0.883. The van der Waals surface area contributed by atoms with Gasteiger partial charge in [-0.05, 0) is 84.5 Å². The predicted octanol–water partition coefficient (Wildman–Crippen LogP) is 8.38. The Morgan fingerprint density at radius 2 is 1.28 bits per heavy atom. The fourth-order valence-electron chi connectivity index (χ4n) is 4.65. The largest absolute Gasteiger partial charge is 0.497 e. The van der Waals surface area contributed by atoms with Crippen LogP contribution in [0.5, 0.6) is 5.75 Å². The van der Waals surface area contributed by atoms with Gasteiger partial charge in [0.15, 0.2) is 0 Å². The lowest BCUT2D eigenvalue weighted by atomic mass is 9.88. The number of benzene rings is 3. The molecule has 0 aliphatic rings. The topological polar surface area (TPSA) is 24.5 Å². The molecule has 0 heterocycles. The van der Waals surface area contributed by atoms with Gasteiger partial charge in [-0.15, -0.1) is 0 Å². The SMILES string of the molecule is CCCCN(CCCC)CCNc1ccc(C(=C(CC)c2ccc(OC)cc2)c2ccccc2)cc1. The van der Waals surface area contributed by atoms with Crippen molar-refractivity contribution in [1.29, 1.82) is 0 Å². The predicted molar refractivity (Wildman–Crippen MR) is 157 cm³/mol. The van der Waals surface area contributed by atoms with E-state index in [0.29, 0.717) is 0 Å². The number of methoxy groups -OCH3 is 1. The maximum absolute atomic E-state index is 5.38. The van der Waals surface area contributed by atoms with Gasteiger partial charge < -0.3 is 15.0 Å². The van der Waals surface area contributed by atoms with Crippen molar-refractivity contribution in [3.63, 3.8) is 0 Å². The Balaban J connectivity index is 1.81. The number of rotatable bonds is 15. The summed E-state index contributed by atoms with van der Waals surface area (Å²) in [5, 5.41) is 3.65. The lowest BCUT2D eigenvalue weighted by Crippen LogP contribution is -2.31. The van der Waals surface area contributed by atoms with Gasteiger partial charge in [0.05, 0.1) is 7.11 Å². The Hall–Kier alpha value is -3.04. The van der Waals surface area contributed by atoms with Gasteiger partial charge in [-0.25, -0.2) is 0 Å². The Labute approximate surface area is 219 Å². The van der Waals surface area contributed by atoms with Crippen LogP contribution in [0.1, 0.15) is 69.6 Å². The fraction of sp³-hybridized carbons (Fsp3) is 0.394. The normalized spacial score (nSPS) is 11.9. The third-order valence-corrected chi connectivity index (χ3v) is 6.74. The van der Waals surface area contributed by atoms with Crippen molar-refractivity contribution in [2.45, 2.75) is 52.9 Å². The van der Waals surface area contributed by atoms with Gasteiger partial charge in [0.2, 0.25) is 0 Å². The molecule has 3 aromatic rings. The van der Waals surface area contributed by atoms with Gasteiger partial charge >= 0.3 is 0 Å². The lowest BCUT2D eigenvalue weighted by Gasteiger charge is -2.22. The highest BCUT2D eigenvalue weighted by molar-refractivity contribution is 5.98.